The zero-order valence-corrected chi connectivity index (χ0v) is 14.3. The monoisotopic (exact) mass is 375 g/mol. The second-order valence-electron chi connectivity index (χ2n) is 5.50. The van der Waals surface area contributed by atoms with Gasteiger partial charge >= 0.3 is 0 Å². The number of nitro groups is 1. The molecule has 0 saturated carbocycles. The smallest absolute Gasteiger partial charge is 0.272 e. The number of nitrogens with one attached hydrogen (secondary N) is 2. The van der Waals surface area contributed by atoms with Crippen LogP contribution < -0.4 is 4.72 Å². The second-order valence-corrected chi connectivity index (χ2v) is 7.18. The van der Waals surface area contributed by atoms with Crippen molar-refractivity contribution in [2.24, 2.45) is 0 Å². The Balaban J connectivity index is 1.81. The number of carbonyl (C=O) groups excluding carboxylic acids is 1. The normalized spacial score (nSPS) is 11.4. The van der Waals surface area contributed by atoms with Crippen molar-refractivity contribution < 1.29 is 18.1 Å². The van der Waals surface area contributed by atoms with Crippen molar-refractivity contribution in [3.05, 3.63) is 57.6 Å². The number of nitro benzene ring substituents is 1. The molecule has 0 atom stereocenters. The number of aromatic amines is 1. The van der Waals surface area contributed by atoms with Crippen LogP contribution in [0.2, 0.25) is 0 Å². The average molecular weight is 375 g/mol. The van der Waals surface area contributed by atoms with Crippen molar-refractivity contribution in [3.63, 3.8) is 0 Å². The lowest BCUT2D eigenvalue weighted by Crippen LogP contribution is -2.32. The minimum absolute atomic E-state index is 0.130. The van der Waals surface area contributed by atoms with Crippen LogP contribution in [0.1, 0.15) is 11.1 Å². The van der Waals surface area contributed by atoms with Crippen LogP contribution in [0.3, 0.4) is 0 Å². The summed E-state index contributed by atoms with van der Waals surface area (Å²) >= 11 is 0. The third kappa shape index (κ3) is 3.37. The highest BCUT2D eigenvalue weighted by molar-refractivity contribution is 7.90. The lowest BCUT2D eigenvalue weighted by atomic mass is 10.0. The van der Waals surface area contributed by atoms with Crippen LogP contribution in [-0.4, -0.2) is 34.7 Å². The molecule has 3 rings (SSSR count). The van der Waals surface area contributed by atoms with Gasteiger partial charge in [0.05, 0.1) is 16.2 Å². The molecule has 0 aliphatic carbocycles. The minimum atomic E-state index is -4.10. The molecule has 2 N–H and O–H groups in total. The first-order chi connectivity index (χ1) is 12.3. The van der Waals surface area contributed by atoms with E-state index >= 15 is 0 Å². The second kappa shape index (κ2) is 6.52. The Bertz CT molecular complexity index is 1120. The van der Waals surface area contributed by atoms with Crippen LogP contribution in [0.4, 0.5) is 5.69 Å². The molecule has 0 unspecified atom stereocenters. The predicted octanol–water partition coefficient (Wildman–Crippen LogP) is 1.22. The summed E-state index contributed by atoms with van der Waals surface area (Å²) in [6, 6.07) is 8.35. The van der Waals surface area contributed by atoms with E-state index in [1.165, 1.54) is 43.3 Å². The minimum Gasteiger partial charge on any atom is -0.274 e. The number of aromatic nitrogens is 3. The number of sulfonamides is 1. The van der Waals surface area contributed by atoms with Gasteiger partial charge in [-0.2, -0.15) is 15.4 Å². The fourth-order valence-electron chi connectivity index (χ4n) is 2.46. The maximum absolute atomic E-state index is 12.4. The van der Waals surface area contributed by atoms with E-state index in [9.17, 15) is 23.3 Å². The summed E-state index contributed by atoms with van der Waals surface area (Å²) < 4.78 is 26.7. The quantitative estimate of drug-likeness (QED) is 0.503. The number of nitrogens with zero attached hydrogens (tertiary/aromatic N) is 3. The molecule has 134 valence electrons. The third-order valence-corrected chi connectivity index (χ3v) is 5.18. The van der Waals surface area contributed by atoms with E-state index in [0.29, 0.717) is 22.2 Å². The largest absolute Gasteiger partial charge is 0.274 e. The van der Waals surface area contributed by atoms with Crippen LogP contribution >= 0.6 is 0 Å². The topological polar surface area (TPSA) is 148 Å². The van der Waals surface area contributed by atoms with Crippen molar-refractivity contribution in [2.45, 2.75) is 18.2 Å². The Morgan fingerprint density at radius 1 is 1.23 bits per heavy atom. The number of amides is 1. The molecular weight excluding hydrogens is 362 g/mol. The van der Waals surface area contributed by atoms with Gasteiger partial charge in [-0.15, -0.1) is 0 Å². The molecule has 0 bridgehead atoms. The van der Waals surface area contributed by atoms with Gasteiger partial charge < -0.3 is 0 Å². The number of rotatable bonds is 5. The van der Waals surface area contributed by atoms with Crippen LogP contribution in [0, 0.1) is 17.0 Å². The Morgan fingerprint density at radius 3 is 2.69 bits per heavy atom. The van der Waals surface area contributed by atoms with Gasteiger partial charge in [-0.05, 0) is 30.7 Å². The molecule has 0 spiro atoms. The zero-order valence-electron chi connectivity index (χ0n) is 13.5. The maximum Gasteiger partial charge on any atom is 0.272 e. The number of hydrogen-bond donors (Lipinski definition) is 2. The summed E-state index contributed by atoms with van der Waals surface area (Å²) in [5, 5.41) is 20.9. The van der Waals surface area contributed by atoms with Crippen LogP contribution in [0.15, 0.2) is 41.3 Å². The molecule has 10 nitrogen and oxygen atoms in total. The van der Waals surface area contributed by atoms with Crippen LogP contribution in [0.5, 0.6) is 0 Å². The lowest BCUT2D eigenvalue weighted by molar-refractivity contribution is -0.385. The van der Waals surface area contributed by atoms with Gasteiger partial charge in [0.1, 0.15) is 11.0 Å². The van der Waals surface area contributed by atoms with E-state index in [-0.39, 0.29) is 17.0 Å². The first-order valence-electron chi connectivity index (χ1n) is 7.37. The van der Waals surface area contributed by atoms with Gasteiger partial charge in [-0.1, -0.05) is 12.1 Å². The molecule has 0 aliphatic rings. The highest BCUT2D eigenvalue weighted by Gasteiger charge is 2.21. The summed E-state index contributed by atoms with van der Waals surface area (Å²) in [5.41, 5.74) is 1.39. The molecule has 0 aliphatic heterocycles. The van der Waals surface area contributed by atoms with Crippen molar-refractivity contribution >= 4 is 32.7 Å². The van der Waals surface area contributed by atoms with E-state index in [1.807, 2.05) is 4.72 Å². The zero-order chi connectivity index (χ0) is 18.9. The van der Waals surface area contributed by atoms with E-state index in [1.54, 1.807) is 0 Å². The van der Waals surface area contributed by atoms with Gasteiger partial charge in [-0.25, -0.2) is 13.1 Å². The number of fused-ring (bicyclic) bond motifs is 1. The van der Waals surface area contributed by atoms with Gasteiger partial charge in [0.15, 0.2) is 0 Å². The molecule has 1 aromatic heterocycles. The highest BCUT2D eigenvalue weighted by Crippen LogP contribution is 2.21. The molecule has 0 fully saturated rings. The fourth-order valence-corrected chi connectivity index (χ4v) is 3.47. The molecule has 11 heteroatoms. The molecular formula is C15H13N5O5S. The first kappa shape index (κ1) is 17.5. The summed E-state index contributed by atoms with van der Waals surface area (Å²) in [4.78, 5) is 22.4. The SMILES string of the molecule is Cc1c(CC(=O)NS(=O)(=O)c2ccc3n[nH]nc3c2)cccc1[N+](=O)[O-]. The van der Waals surface area contributed by atoms with Crippen LogP contribution in [0.25, 0.3) is 11.0 Å². The van der Waals surface area contributed by atoms with E-state index in [4.69, 9.17) is 0 Å². The summed E-state index contributed by atoms with van der Waals surface area (Å²) in [7, 11) is -4.10. The maximum atomic E-state index is 12.4. The molecule has 2 aromatic carbocycles. The van der Waals surface area contributed by atoms with Crippen LogP contribution in [-0.2, 0) is 21.2 Å². The van der Waals surface area contributed by atoms with E-state index < -0.39 is 20.9 Å². The number of H-pyrrole nitrogens is 1. The predicted molar refractivity (Wildman–Crippen MR) is 90.8 cm³/mol. The van der Waals surface area contributed by atoms with Gasteiger partial charge in [0.2, 0.25) is 5.91 Å². The molecule has 0 radical (unpaired) electrons. The Morgan fingerprint density at radius 2 is 1.96 bits per heavy atom. The van der Waals surface area contributed by atoms with Gasteiger partial charge in [0.25, 0.3) is 15.7 Å². The molecule has 26 heavy (non-hydrogen) atoms. The lowest BCUT2D eigenvalue weighted by Gasteiger charge is -2.09. The van der Waals surface area contributed by atoms with Gasteiger partial charge in [-0.3, -0.25) is 14.9 Å². The summed E-state index contributed by atoms with van der Waals surface area (Å²) in [6.07, 6.45) is -0.307. The Kier molecular flexibility index (Phi) is 4.38. The van der Waals surface area contributed by atoms with E-state index in [0.717, 1.165) is 0 Å². The molecule has 0 saturated heterocycles. The van der Waals surface area contributed by atoms with Crippen molar-refractivity contribution in [3.8, 4) is 0 Å². The molecule has 1 amide bonds. The van der Waals surface area contributed by atoms with E-state index in [2.05, 4.69) is 15.4 Å². The standard InChI is InChI=1S/C15H13N5O5S/c1-9-10(3-2-4-14(9)20(22)23)7-15(21)18-26(24,25)11-5-6-12-13(8-11)17-19-16-12/h2-6,8H,7H2,1H3,(H,18,21)(H,16,17,19). The van der Waals surface area contributed by atoms with Crippen molar-refractivity contribution in [1.82, 2.24) is 20.1 Å². The first-order valence-corrected chi connectivity index (χ1v) is 8.85. The van der Waals surface area contributed by atoms with Crippen molar-refractivity contribution in [1.29, 1.82) is 0 Å². The summed E-state index contributed by atoms with van der Waals surface area (Å²) in [6.45, 7) is 1.51. The van der Waals surface area contributed by atoms with Gasteiger partial charge in [0, 0.05) is 11.6 Å². The summed E-state index contributed by atoms with van der Waals surface area (Å²) in [5.74, 6) is -0.797. The number of hydrogen-bond acceptors (Lipinski definition) is 7. The Hall–Kier alpha value is -3.34. The third-order valence-electron chi connectivity index (χ3n) is 3.81. The highest BCUT2D eigenvalue weighted by atomic mass is 32.2. The average Bonchev–Trinajstić information content (AvgIpc) is 3.03. The Labute approximate surface area is 147 Å². The molecule has 1 heterocycles. The molecule has 3 aromatic rings. The fraction of sp³-hybridized carbons (Fsp3) is 0.133. The number of carbonyl (C=O) groups is 1. The van der Waals surface area contributed by atoms with Crippen molar-refractivity contribution in [2.75, 3.05) is 0 Å². The number of benzene rings is 2.